The number of hydrogen-bond acceptors (Lipinski definition) is 11. The van der Waals surface area contributed by atoms with Crippen LogP contribution in [0.2, 0.25) is 0 Å². The lowest BCUT2D eigenvalue weighted by Gasteiger charge is -2.31. The number of sulfone groups is 1. The Balaban J connectivity index is 2.00. The Morgan fingerprint density at radius 1 is 1.15 bits per heavy atom. The number of nitrogens with zero attached hydrogens (tertiary/aromatic N) is 3. The van der Waals surface area contributed by atoms with Crippen LogP contribution in [0.4, 0.5) is 0 Å². The summed E-state index contributed by atoms with van der Waals surface area (Å²) in [5, 5.41) is 11.9. The molecule has 5 atom stereocenters. The number of aliphatic hydroxyl groups is 1. The molecule has 3 heterocycles. The average molecular weight is 691 g/mol. The summed E-state index contributed by atoms with van der Waals surface area (Å²) in [6.45, 7) is 12.9. The number of Topliss-reactive ketones (excluding diaryl/α,β-unsaturated/α-hetero) is 1. The monoisotopic (exact) mass is 690 g/mol. The number of ketones is 1. The summed E-state index contributed by atoms with van der Waals surface area (Å²) in [6, 6.07) is -1.44. The van der Waals surface area contributed by atoms with Crippen LogP contribution in [-0.4, -0.2) is 114 Å². The number of esters is 1. The SMILES string of the molecule is CCN(CC)CCS(=O)(=O)[C@@H]1CCN2C(=O)c3coc(n3)CC(=O)C[C@H](O)/C=C(C)/C=C/CNC(=O)/C=C/[C@@H](C)[C@@H](C(C)C)OC(=O)C12. The highest BCUT2D eigenvalue weighted by atomic mass is 32.2. The minimum Gasteiger partial charge on any atom is -0.460 e. The van der Waals surface area contributed by atoms with Crippen LogP contribution in [0, 0.1) is 11.8 Å². The predicted molar refractivity (Wildman–Crippen MR) is 180 cm³/mol. The van der Waals surface area contributed by atoms with Crippen molar-refractivity contribution in [3.8, 4) is 0 Å². The van der Waals surface area contributed by atoms with Gasteiger partial charge in [-0.15, -0.1) is 0 Å². The van der Waals surface area contributed by atoms with E-state index in [1.165, 1.54) is 12.2 Å². The Kier molecular flexibility index (Phi) is 14.3. The molecule has 2 amide bonds. The fourth-order valence-corrected chi connectivity index (χ4v) is 7.92. The first-order valence-electron chi connectivity index (χ1n) is 16.6. The van der Waals surface area contributed by atoms with Gasteiger partial charge in [0.1, 0.15) is 24.2 Å². The maximum atomic E-state index is 14.0. The second-order valence-electron chi connectivity index (χ2n) is 12.7. The van der Waals surface area contributed by atoms with E-state index in [1.807, 2.05) is 32.6 Å². The van der Waals surface area contributed by atoms with Crippen LogP contribution in [0.3, 0.4) is 0 Å². The number of rotatable bonds is 7. The van der Waals surface area contributed by atoms with E-state index in [2.05, 4.69) is 10.3 Å². The van der Waals surface area contributed by atoms with Crippen molar-refractivity contribution in [2.45, 2.75) is 84.3 Å². The zero-order valence-electron chi connectivity index (χ0n) is 28.8. The van der Waals surface area contributed by atoms with Gasteiger partial charge >= 0.3 is 5.97 Å². The van der Waals surface area contributed by atoms with Crippen LogP contribution < -0.4 is 5.32 Å². The molecule has 1 aromatic rings. The maximum absolute atomic E-state index is 14.0. The van der Waals surface area contributed by atoms with E-state index in [1.54, 1.807) is 32.1 Å². The zero-order chi connectivity index (χ0) is 35.6. The van der Waals surface area contributed by atoms with E-state index in [4.69, 9.17) is 9.15 Å². The summed E-state index contributed by atoms with van der Waals surface area (Å²) in [4.78, 5) is 60.3. The number of ether oxygens (including phenoxy) is 1. The molecule has 0 aliphatic carbocycles. The van der Waals surface area contributed by atoms with Gasteiger partial charge in [-0.25, -0.2) is 18.2 Å². The smallest absolute Gasteiger partial charge is 0.330 e. The number of carbonyl (C=O) groups is 4. The maximum Gasteiger partial charge on any atom is 0.330 e. The van der Waals surface area contributed by atoms with E-state index in [0.29, 0.717) is 18.7 Å². The molecule has 0 saturated carbocycles. The molecule has 0 aromatic carbocycles. The number of aliphatic hydroxyl groups excluding tert-OH is 1. The summed E-state index contributed by atoms with van der Waals surface area (Å²) in [5.74, 6) is -3.23. The molecule has 0 radical (unpaired) electrons. The molecule has 2 aliphatic rings. The molecule has 266 valence electrons. The highest BCUT2D eigenvalue weighted by molar-refractivity contribution is 7.92. The highest BCUT2D eigenvalue weighted by Gasteiger charge is 2.50. The number of amides is 2. The number of allylic oxidation sites excluding steroid dienone is 2. The Morgan fingerprint density at radius 3 is 2.52 bits per heavy atom. The Hall–Kier alpha value is -3.62. The van der Waals surface area contributed by atoms with E-state index in [-0.39, 0.29) is 73.8 Å². The normalized spacial score (nSPS) is 28.1. The van der Waals surface area contributed by atoms with Crippen molar-refractivity contribution in [1.82, 2.24) is 20.1 Å². The molecular formula is C34H50N4O9S. The van der Waals surface area contributed by atoms with Gasteiger partial charge in [0, 0.05) is 32.0 Å². The summed E-state index contributed by atoms with van der Waals surface area (Å²) >= 11 is 0. The van der Waals surface area contributed by atoms with Crippen molar-refractivity contribution < 1.29 is 41.9 Å². The number of hydrogen-bond donors (Lipinski definition) is 2. The van der Waals surface area contributed by atoms with Crippen LogP contribution >= 0.6 is 0 Å². The van der Waals surface area contributed by atoms with Gasteiger partial charge in [-0.1, -0.05) is 64.5 Å². The third kappa shape index (κ3) is 10.7. The fourth-order valence-electron chi connectivity index (χ4n) is 5.99. The lowest BCUT2D eigenvalue weighted by Crippen LogP contribution is -2.50. The molecule has 2 aliphatic heterocycles. The molecule has 1 unspecified atom stereocenters. The predicted octanol–water partition coefficient (Wildman–Crippen LogP) is 2.27. The van der Waals surface area contributed by atoms with E-state index < -0.39 is 51.1 Å². The van der Waals surface area contributed by atoms with Crippen LogP contribution in [-0.2, 0) is 35.4 Å². The average Bonchev–Trinajstić information content (AvgIpc) is 3.68. The first kappa shape index (κ1) is 38.8. The largest absolute Gasteiger partial charge is 0.460 e. The number of fused-ring (bicyclic) bond motifs is 3. The third-order valence-corrected chi connectivity index (χ3v) is 10.8. The van der Waals surface area contributed by atoms with Crippen molar-refractivity contribution in [3.63, 3.8) is 0 Å². The second kappa shape index (κ2) is 17.7. The Labute approximate surface area is 283 Å². The highest BCUT2D eigenvalue weighted by Crippen LogP contribution is 2.30. The van der Waals surface area contributed by atoms with Crippen LogP contribution in [0.5, 0.6) is 0 Å². The number of nitrogens with one attached hydrogen (secondary N) is 1. The molecular weight excluding hydrogens is 640 g/mol. The van der Waals surface area contributed by atoms with Crippen LogP contribution in [0.15, 0.2) is 46.6 Å². The summed E-state index contributed by atoms with van der Waals surface area (Å²) in [5.41, 5.74) is 0.505. The van der Waals surface area contributed by atoms with E-state index in [9.17, 15) is 32.7 Å². The molecule has 3 rings (SSSR count). The van der Waals surface area contributed by atoms with E-state index >= 15 is 0 Å². The molecule has 2 bridgehead atoms. The standard InChI is InChI=1S/C34H50N4O9S/c1-7-37(8-2)16-17-48(44,45)28-13-15-38-31(28)34(43)47-32(22(3)4)24(6)11-12-29(41)35-14-9-10-23(5)18-25(39)19-26(40)20-30-36-27(21-46-30)33(38)42/h9-12,18,21-22,24-25,28,31-32,39H,7-8,13-17,19-20H2,1-6H3,(H,35,41)/b10-9+,12-11+,23-18+/t24-,25-,28-,31?,32-/m1/s1. The quantitative estimate of drug-likeness (QED) is 0.402. The van der Waals surface area contributed by atoms with Gasteiger partial charge in [-0.3, -0.25) is 14.4 Å². The van der Waals surface area contributed by atoms with Crippen molar-refractivity contribution >= 4 is 33.4 Å². The van der Waals surface area contributed by atoms with Crippen molar-refractivity contribution in [1.29, 1.82) is 0 Å². The van der Waals surface area contributed by atoms with Crippen molar-refractivity contribution in [2.24, 2.45) is 11.8 Å². The molecule has 48 heavy (non-hydrogen) atoms. The lowest BCUT2D eigenvalue weighted by atomic mass is 9.94. The molecule has 1 aromatic heterocycles. The molecule has 1 saturated heterocycles. The molecule has 14 heteroatoms. The Morgan fingerprint density at radius 2 is 1.85 bits per heavy atom. The van der Waals surface area contributed by atoms with Gasteiger partial charge in [0.05, 0.1) is 23.5 Å². The minimum atomic E-state index is -3.87. The number of oxazole rings is 1. The van der Waals surface area contributed by atoms with Gasteiger partial charge in [-0.05, 0) is 38.4 Å². The zero-order valence-corrected chi connectivity index (χ0v) is 29.6. The van der Waals surface area contributed by atoms with Crippen molar-refractivity contribution in [2.75, 3.05) is 38.5 Å². The first-order chi connectivity index (χ1) is 22.7. The third-order valence-electron chi connectivity index (χ3n) is 8.66. The van der Waals surface area contributed by atoms with Crippen LogP contribution in [0.25, 0.3) is 0 Å². The first-order valence-corrected chi connectivity index (χ1v) is 18.3. The number of carbonyl (C=O) groups excluding carboxylic acids is 4. The number of cyclic esters (lactones) is 1. The van der Waals surface area contributed by atoms with Gasteiger partial charge in [-0.2, -0.15) is 0 Å². The van der Waals surface area contributed by atoms with E-state index in [0.717, 1.165) is 11.2 Å². The van der Waals surface area contributed by atoms with Gasteiger partial charge < -0.3 is 29.4 Å². The van der Waals surface area contributed by atoms with Gasteiger partial charge in [0.2, 0.25) is 11.8 Å². The van der Waals surface area contributed by atoms with Gasteiger partial charge in [0.25, 0.3) is 5.91 Å². The molecule has 2 N–H and O–H groups in total. The molecule has 13 nitrogen and oxygen atoms in total. The van der Waals surface area contributed by atoms with Crippen LogP contribution in [0.1, 0.15) is 70.8 Å². The summed E-state index contributed by atoms with van der Waals surface area (Å²) < 4.78 is 38.9. The van der Waals surface area contributed by atoms with Crippen molar-refractivity contribution in [3.05, 3.63) is 53.8 Å². The fraction of sp³-hybridized carbons (Fsp3) is 0.618. The topological polar surface area (TPSA) is 176 Å². The van der Waals surface area contributed by atoms with Gasteiger partial charge in [0.15, 0.2) is 15.5 Å². The number of aromatic nitrogens is 1. The minimum absolute atomic E-state index is 0.0243. The lowest BCUT2D eigenvalue weighted by molar-refractivity contribution is -0.157. The molecule has 1 fully saturated rings. The Bertz CT molecular complexity index is 1490. The summed E-state index contributed by atoms with van der Waals surface area (Å²) in [6.07, 6.45) is 6.68. The molecule has 0 spiro atoms. The summed E-state index contributed by atoms with van der Waals surface area (Å²) in [7, 11) is -3.87. The second-order valence-corrected chi connectivity index (χ2v) is 15.0.